The molecular weight excluding hydrogens is 446 g/mol. The van der Waals surface area contributed by atoms with Gasteiger partial charge in [-0.3, -0.25) is 0 Å². The standard InChI is InChI=1S/C21H23N7O4S/c1-33(31)12-13-8-16(4-5-17(13)32-7-6-23-21(29)30)25-18-9-19(26-15-2-3-15)28-20(27-18)14(10-22)11-24-28/h4-5,8-9,11,15,23,26H,2-3,6-7,12H2,1H3,(H,25,27)(H,29,30). The van der Waals surface area contributed by atoms with Crippen LogP contribution in [0.1, 0.15) is 24.0 Å². The van der Waals surface area contributed by atoms with Crippen LogP contribution in [0.3, 0.4) is 0 Å². The molecule has 1 amide bonds. The minimum atomic E-state index is -1.12. The first kappa shape index (κ1) is 22.5. The predicted octanol–water partition coefficient (Wildman–Crippen LogP) is 2.44. The lowest BCUT2D eigenvalue weighted by Gasteiger charge is -2.15. The highest BCUT2D eigenvalue weighted by Crippen LogP contribution is 2.30. The number of benzene rings is 1. The van der Waals surface area contributed by atoms with Crippen molar-refractivity contribution < 1.29 is 19.2 Å². The first-order chi connectivity index (χ1) is 15.9. The van der Waals surface area contributed by atoms with Gasteiger partial charge in [0, 0.05) is 23.4 Å². The molecule has 2 aromatic heterocycles. The molecule has 12 heteroatoms. The van der Waals surface area contributed by atoms with Gasteiger partial charge < -0.3 is 30.3 Å². The Labute approximate surface area is 192 Å². The number of rotatable bonds is 10. The molecule has 4 rings (SSSR count). The van der Waals surface area contributed by atoms with E-state index < -0.39 is 17.3 Å². The lowest BCUT2D eigenvalue weighted by molar-refractivity contribution is 0.191. The normalized spacial score (nSPS) is 13.8. The van der Waals surface area contributed by atoms with E-state index >= 15 is 0 Å². The summed E-state index contributed by atoms with van der Waals surface area (Å²) in [5, 5.41) is 31.2. The second-order valence-electron chi connectivity index (χ2n) is 7.60. The minimum absolute atomic E-state index is 0.136. The van der Waals surface area contributed by atoms with Crippen molar-refractivity contribution in [3.05, 3.63) is 41.6 Å². The maximum absolute atomic E-state index is 11.9. The van der Waals surface area contributed by atoms with Gasteiger partial charge in [-0.1, -0.05) is 11.2 Å². The van der Waals surface area contributed by atoms with E-state index in [0.29, 0.717) is 34.5 Å². The van der Waals surface area contributed by atoms with E-state index in [9.17, 15) is 14.6 Å². The maximum Gasteiger partial charge on any atom is 0.404 e. The van der Waals surface area contributed by atoms with Gasteiger partial charge in [-0.15, -0.1) is 0 Å². The van der Waals surface area contributed by atoms with Crippen LogP contribution in [0.15, 0.2) is 30.5 Å². The molecule has 1 fully saturated rings. The molecule has 0 bridgehead atoms. The Balaban J connectivity index is 1.58. The van der Waals surface area contributed by atoms with Crippen molar-refractivity contribution >= 4 is 40.2 Å². The summed E-state index contributed by atoms with van der Waals surface area (Å²) in [4.78, 5) is 15.1. The number of hydrogen-bond donors (Lipinski definition) is 4. The molecule has 2 heterocycles. The molecule has 0 saturated heterocycles. The molecule has 3 aromatic rings. The summed E-state index contributed by atoms with van der Waals surface area (Å²) in [6.45, 7) is 0.284. The van der Waals surface area contributed by atoms with Crippen molar-refractivity contribution in [3.63, 3.8) is 0 Å². The van der Waals surface area contributed by atoms with E-state index in [0.717, 1.165) is 24.2 Å². The van der Waals surface area contributed by atoms with Gasteiger partial charge in [0.1, 0.15) is 41.4 Å². The van der Waals surface area contributed by atoms with Crippen LogP contribution in [-0.4, -0.2) is 55.8 Å². The van der Waals surface area contributed by atoms with Gasteiger partial charge >= 0.3 is 6.09 Å². The molecule has 33 heavy (non-hydrogen) atoms. The zero-order valence-corrected chi connectivity index (χ0v) is 18.7. The fourth-order valence-corrected chi connectivity index (χ4v) is 3.91. The molecular formula is C21H23N7O4S. The van der Waals surface area contributed by atoms with Gasteiger partial charge in [0.05, 0.1) is 19.0 Å². The van der Waals surface area contributed by atoms with Crippen LogP contribution in [-0.2, 0) is 16.9 Å². The number of amides is 1. The summed E-state index contributed by atoms with van der Waals surface area (Å²) in [6, 6.07) is 9.69. The predicted molar refractivity (Wildman–Crippen MR) is 123 cm³/mol. The Hall–Kier alpha value is -3.69. The largest absolute Gasteiger partial charge is 0.616 e. The third-order valence-electron chi connectivity index (χ3n) is 4.85. The second-order valence-corrected chi connectivity index (χ2v) is 9.03. The molecule has 1 saturated carbocycles. The number of aromatic nitrogens is 3. The number of anilines is 3. The number of ether oxygens (including phenoxy) is 1. The molecule has 0 radical (unpaired) electrons. The van der Waals surface area contributed by atoms with Crippen molar-refractivity contribution in [1.82, 2.24) is 19.9 Å². The SMILES string of the molecule is C[S+]([O-])Cc1cc(Nc2cc(NC3CC3)n3ncc(C#N)c3n2)ccc1OCCNC(=O)O. The zero-order valence-electron chi connectivity index (χ0n) is 17.9. The molecule has 0 spiro atoms. The van der Waals surface area contributed by atoms with Crippen molar-refractivity contribution in [2.75, 3.05) is 30.0 Å². The van der Waals surface area contributed by atoms with Crippen LogP contribution >= 0.6 is 0 Å². The van der Waals surface area contributed by atoms with Gasteiger partial charge in [0.2, 0.25) is 0 Å². The van der Waals surface area contributed by atoms with Crippen molar-refractivity contribution in [2.24, 2.45) is 0 Å². The van der Waals surface area contributed by atoms with Crippen molar-refractivity contribution in [3.8, 4) is 11.8 Å². The average molecular weight is 470 g/mol. The Morgan fingerprint density at radius 1 is 1.42 bits per heavy atom. The number of nitriles is 1. The van der Waals surface area contributed by atoms with Crippen LogP contribution in [0.25, 0.3) is 5.65 Å². The minimum Gasteiger partial charge on any atom is -0.616 e. The summed E-state index contributed by atoms with van der Waals surface area (Å²) < 4.78 is 19.2. The van der Waals surface area contributed by atoms with Crippen LogP contribution in [0.2, 0.25) is 0 Å². The number of carbonyl (C=O) groups is 1. The first-order valence-electron chi connectivity index (χ1n) is 10.3. The topological polar surface area (TPSA) is 160 Å². The molecule has 0 aliphatic heterocycles. The maximum atomic E-state index is 11.9. The Bertz CT molecular complexity index is 1200. The van der Waals surface area contributed by atoms with Crippen LogP contribution in [0.5, 0.6) is 5.75 Å². The first-order valence-corrected chi connectivity index (χ1v) is 12.0. The van der Waals surface area contributed by atoms with E-state index in [4.69, 9.17) is 9.84 Å². The molecule has 1 atom stereocenters. The molecule has 1 aliphatic rings. The summed E-state index contributed by atoms with van der Waals surface area (Å²) in [5.74, 6) is 2.09. The number of nitrogens with one attached hydrogen (secondary N) is 3. The monoisotopic (exact) mass is 469 g/mol. The molecule has 1 aromatic carbocycles. The van der Waals surface area contributed by atoms with Crippen LogP contribution in [0, 0.1) is 11.3 Å². The van der Waals surface area contributed by atoms with E-state index in [1.165, 1.54) is 6.20 Å². The summed E-state index contributed by atoms with van der Waals surface area (Å²) in [6.07, 6.45) is 4.14. The molecule has 1 unspecified atom stereocenters. The smallest absolute Gasteiger partial charge is 0.404 e. The number of nitrogens with zero attached hydrogens (tertiary/aromatic N) is 4. The number of hydrogen-bond acceptors (Lipinski definition) is 8. The highest BCUT2D eigenvalue weighted by Gasteiger charge is 2.23. The van der Waals surface area contributed by atoms with Crippen molar-refractivity contribution in [2.45, 2.75) is 24.6 Å². The number of fused-ring (bicyclic) bond motifs is 1. The van der Waals surface area contributed by atoms with E-state index in [1.54, 1.807) is 22.9 Å². The second kappa shape index (κ2) is 9.85. The molecule has 172 valence electrons. The van der Waals surface area contributed by atoms with Gasteiger partial charge in [-0.05, 0) is 31.0 Å². The summed E-state index contributed by atoms with van der Waals surface area (Å²) >= 11 is -1.11. The van der Waals surface area contributed by atoms with E-state index in [2.05, 4.69) is 32.1 Å². The lowest BCUT2D eigenvalue weighted by Crippen LogP contribution is -2.26. The summed E-state index contributed by atoms with van der Waals surface area (Å²) in [7, 11) is 0. The quantitative estimate of drug-likeness (QED) is 0.258. The van der Waals surface area contributed by atoms with Gasteiger partial charge in [-0.25, -0.2) is 9.78 Å². The third-order valence-corrected chi connectivity index (χ3v) is 5.57. The van der Waals surface area contributed by atoms with Gasteiger partial charge in [0.25, 0.3) is 0 Å². The summed E-state index contributed by atoms with van der Waals surface area (Å²) in [5.41, 5.74) is 2.25. The van der Waals surface area contributed by atoms with Crippen LogP contribution in [0.4, 0.5) is 22.1 Å². The van der Waals surface area contributed by atoms with Crippen LogP contribution < -0.4 is 20.7 Å². The fraction of sp³-hybridized carbons (Fsp3) is 0.333. The molecule has 11 nitrogen and oxygen atoms in total. The Morgan fingerprint density at radius 2 is 2.24 bits per heavy atom. The number of carboxylic acid groups (broad SMARTS) is 1. The highest BCUT2D eigenvalue weighted by atomic mass is 32.2. The third kappa shape index (κ3) is 5.76. The Kier molecular flexibility index (Phi) is 6.71. The average Bonchev–Trinajstić information content (AvgIpc) is 3.48. The van der Waals surface area contributed by atoms with E-state index in [-0.39, 0.29) is 18.9 Å². The van der Waals surface area contributed by atoms with Crippen molar-refractivity contribution in [1.29, 1.82) is 5.26 Å². The van der Waals surface area contributed by atoms with Gasteiger partial charge in [0.15, 0.2) is 5.65 Å². The fourth-order valence-electron chi connectivity index (χ4n) is 3.24. The lowest BCUT2D eigenvalue weighted by atomic mass is 10.2. The highest BCUT2D eigenvalue weighted by molar-refractivity contribution is 7.89. The van der Waals surface area contributed by atoms with Gasteiger partial charge in [-0.2, -0.15) is 14.9 Å². The zero-order chi connectivity index (χ0) is 23.4. The Morgan fingerprint density at radius 3 is 2.94 bits per heavy atom. The molecule has 1 aliphatic carbocycles. The van der Waals surface area contributed by atoms with E-state index in [1.807, 2.05) is 12.1 Å². The molecule has 4 N–H and O–H groups in total.